The number of rotatable bonds is 1. The van der Waals surface area contributed by atoms with Gasteiger partial charge in [-0.1, -0.05) is 6.07 Å². The minimum Gasteiger partial charge on any atom is -0.363 e. The van der Waals surface area contributed by atoms with Gasteiger partial charge in [-0.3, -0.25) is 14.7 Å². The molecule has 1 aromatic rings. The molecule has 0 aliphatic carbocycles. The molecule has 0 spiro atoms. The molecule has 96 valence electrons. The van der Waals surface area contributed by atoms with Crippen LogP contribution >= 0.6 is 0 Å². The van der Waals surface area contributed by atoms with Gasteiger partial charge >= 0.3 is 0 Å². The molecule has 2 bridgehead atoms. The molecule has 4 aliphatic rings. The van der Waals surface area contributed by atoms with Crippen LogP contribution < -0.4 is 5.48 Å². The topological polar surface area (TPSA) is 57.6 Å². The van der Waals surface area contributed by atoms with Crippen molar-refractivity contribution < 1.29 is 9.94 Å². The van der Waals surface area contributed by atoms with E-state index in [0.29, 0.717) is 0 Å². The van der Waals surface area contributed by atoms with Crippen LogP contribution in [-0.2, 0) is 4.84 Å². The Morgan fingerprint density at radius 1 is 1.39 bits per heavy atom. The van der Waals surface area contributed by atoms with E-state index in [2.05, 4.69) is 15.4 Å². The summed E-state index contributed by atoms with van der Waals surface area (Å²) < 4.78 is 0. The minimum absolute atomic E-state index is 0.0140. The molecule has 0 saturated carbocycles. The molecule has 3 atom stereocenters. The molecule has 0 radical (unpaired) electrons. The Kier molecular flexibility index (Phi) is 2.26. The van der Waals surface area contributed by atoms with Crippen molar-refractivity contribution >= 4 is 0 Å². The van der Waals surface area contributed by atoms with E-state index in [1.54, 1.807) is 6.20 Å². The molecular weight excluding hydrogens is 230 g/mol. The largest absolute Gasteiger partial charge is 0.363 e. The summed E-state index contributed by atoms with van der Waals surface area (Å²) in [5.74, 6) is -0.799. The van der Waals surface area contributed by atoms with Gasteiger partial charge in [-0.2, -0.15) is 5.48 Å². The molecule has 5 heterocycles. The first-order valence-electron chi connectivity index (χ1n) is 6.60. The molecule has 5 nitrogen and oxygen atoms in total. The molecule has 18 heavy (non-hydrogen) atoms. The van der Waals surface area contributed by atoms with Gasteiger partial charge in [0.05, 0.1) is 17.8 Å². The second kappa shape index (κ2) is 3.74. The van der Waals surface area contributed by atoms with Crippen LogP contribution in [0.1, 0.15) is 24.6 Å². The van der Waals surface area contributed by atoms with Crippen molar-refractivity contribution in [2.45, 2.75) is 30.7 Å². The Morgan fingerprint density at radius 2 is 2.22 bits per heavy atom. The Bertz CT molecular complexity index is 447. The van der Waals surface area contributed by atoms with Crippen LogP contribution in [0, 0.1) is 5.92 Å². The van der Waals surface area contributed by atoms with Crippen LogP contribution in [-0.4, -0.2) is 39.9 Å². The maximum atomic E-state index is 10.8. The first-order valence-corrected chi connectivity index (χ1v) is 6.60. The SMILES string of the molecule is O[C@]12ONC(c3ccccn3)C1N1CCC2CC1. The lowest BCUT2D eigenvalue weighted by molar-refractivity contribution is -0.285. The highest BCUT2D eigenvalue weighted by Gasteiger charge is 2.61. The lowest BCUT2D eigenvalue weighted by Crippen LogP contribution is -2.65. The summed E-state index contributed by atoms with van der Waals surface area (Å²) in [5.41, 5.74) is 3.94. The third kappa shape index (κ3) is 1.33. The highest BCUT2D eigenvalue weighted by Crippen LogP contribution is 2.48. The number of fused-ring (bicyclic) bond motifs is 2. The van der Waals surface area contributed by atoms with Gasteiger partial charge in [0.25, 0.3) is 0 Å². The lowest BCUT2D eigenvalue weighted by Gasteiger charge is -2.51. The van der Waals surface area contributed by atoms with Crippen molar-refractivity contribution in [1.82, 2.24) is 15.4 Å². The normalized spacial score (nSPS) is 46.1. The molecule has 0 aromatic carbocycles. The van der Waals surface area contributed by atoms with Gasteiger partial charge in [0, 0.05) is 12.1 Å². The van der Waals surface area contributed by atoms with Crippen molar-refractivity contribution in [3.05, 3.63) is 30.1 Å². The number of hydrogen-bond donors (Lipinski definition) is 2. The van der Waals surface area contributed by atoms with Crippen molar-refractivity contribution in [3.8, 4) is 0 Å². The van der Waals surface area contributed by atoms with Crippen LogP contribution in [0.4, 0.5) is 0 Å². The Balaban J connectivity index is 1.72. The smallest absolute Gasteiger partial charge is 0.205 e. The first kappa shape index (κ1) is 10.9. The number of aromatic nitrogens is 1. The van der Waals surface area contributed by atoms with E-state index in [-0.39, 0.29) is 18.0 Å². The summed E-state index contributed by atoms with van der Waals surface area (Å²) in [4.78, 5) is 12.3. The molecule has 4 saturated heterocycles. The molecule has 1 aromatic heterocycles. The molecule has 4 fully saturated rings. The minimum atomic E-state index is -1.04. The van der Waals surface area contributed by atoms with E-state index in [4.69, 9.17) is 4.84 Å². The molecule has 5 heteroatoms. The molecule has 2 N–H and O–H groups in total. The van der Waals surface area contributed by atoms with E-state index >= 15 is 0 Å². The fourth-order valence-electron chi connectivity index (χ4n) is 3.69. The van der Waals surface area contributed by atoms with Crippen molar-refractivity contribution in [2.75, 3.05) is 13.1 Å². The summed E-state index contributed by atoms with van der Waals surface area (Å²) in [6.07, 6.45) is 3.82. The van der Waals surface area contributed by atoms with Crippen LogP contribution in [0.3, 0.4) is 0 Å². The average molecular weight is 247 g/mol. The van der Waals surface area contributed by atoms with E-state index in [9.17, 15) is 5.11 Å². The zero-order valence-corrected chi connectivity index (χ0v) is 10.1. The number of aliphatic hydroxyl groups is 1. The average Bonchev–Trinajstić information content (AvgIpc) is 2.81. The van der Waals surface area contributed by atoms with E-state index in [1.807, 2.05) is 18.2 Å². The van der Waals surface area contributed by atoms with Gasteiger partial charge in [0.15, 0.2) is 0 Å². The predicted octanol–water partition coefficient (Wildman–Crippen LogP) is 0.440. The number of piperidine rings is 3. The van der Waals surface area contributed by atoms with Crippen LogP contribution in [0.25, 0.3) is 0 Å². The van der Waals surface area contributed by atoms with Gasteiger partial charge in [0.1, 0.15) is 0 Å². The maximum absolute atomic E-state index is 10.8. The van der Waals surface area contributed by atoms with Gasteiger partial charge < -0.3 is 5.11 Å². The zero-order chi connectivity index (χ0) is 12.2. The second-order valence-electron chi connectivity index (χ2n) is 5.46. The number of nitrogens with one attached hydrogen (secondary N) is 1. The predicted molar refractivity (Wildman–Crippen MR) is 64.2 cm³/mol. The third-order valence-corrected chi connectivity index (χ3v) is 4.60. The zero-order valence-electron chi connectivity index (χ0n) is 10.1. The first-order chi connectivity index (χ1) is 8.79. The van der Waals surface area contributed by atoms with Crippen molar-refractivity contribution in [3.63, 3.8) is 0 Å². The van der Waals surface area contributed by atoms with E-state index in [1.165, 1.54) is 0 Å². The number of hydroxylamine groups is 1. The number of nitrogens with zero attached hydrogens (tertiary/aromatic N) is 2. The summed E-state index contributed by atoms with van der Waals surface area (Å²) in [7, 11) is 0. The summed E-state index contributed by atoms with van der Waals surface area (Å²) in [5, 5.41) is 10.8. The summed E-state index contributed by atoms with van der Waals surface area (Å²) in [6, 6.07) is 5.80. The molecule has 5 rings (SSSR count). The van der Waals surface area contributed by atoms with Crippen LogP contribution in [0.15, 0.2) is 24.4 Å². The highest BCUT2D eigenvalue weighted by atomic mass is 16.8. The van der Waals surface area contributed by atoms with Gasteiger partial charge in [0.2, 0.25) is 5.79 Å². The third-order valence-electron chi connectivity index (χ3n) is 4.60. The number of hydrogen-bond acceptors (Lipinski definition) is 5. The van der Waals surface area contributed by atoms with Crippen molar-refractivity contribution in [1.29, 1.82) is 0 Å². The second-order valence-corrected chi connectivity index (χ2v) is 5.46. The van der Waals surface area contributed by atoms with E-state index < -0.39 is 5.79 Å². The van der Waals surface area contributed by atoms with Crippen LogP contribution in [0.5, 0.6) is 0 Å². The number of pyridine rings is 1. The summed E-state index contributed by atoms with van der Waals surface area (Å²) in [6.45, 7) is 2.10. The van der Waals surface area contributed by atoms with Crippen LogP contribution in [0.2, 0.25) is 0 Å². The molecular formula is C13H17N3O2. The fraction of sp³-hybridized carbons (Fsp3) is 0.615. The highest BCUT2D eigenvalue weighted by molar-refractivity contribution is 5.18. The quantitative estimate of drug-likeness (QED) is 0.754. The Morgan fingerprint density at radius 3 is 2.94 bits per heavy atom. The standard InChI is InChI=1S/C13H17N3O2/c17-13-9-4-7-16(8-5-9)12(13)11(15-18-13)10-3-1-2-6-14-10/h1-3,6,9,11-12,15,17H,4-5,7-8H2/t11?,12?,13-/m1/s1. The Labute approximate surface area is 106 Å². The molecule has 2 unspecified atom stereocenters. The lowest BCUT2D eigenvalue weighted by atomic mass is 9.75. The van der Waals surface area contributed by atoms with Gasteiger partial charge in [-0.05, 0) is 38.1 Å². The van der Waals surface area contributed by atoms with E-state index in [0.717, 1.165) is 31.6 Å². The Hall–Kier alpha value is -1.01. The van der Waals surface area contributed by atoms with Gasteiger partial charge in [-0.25, -0.2) is 0 Å². The fourth-order valence-corrected chi connectivity index (χ4v) is 3.69. The van der Waals surface area contributed by atoms with Gasteiger partial charge in [-0.15, -0.1) is 0 Å². The molecule has 0 amide bonds. The monoisotopic (exact) mass is 247 g/mol. The maximum Gasteiger partial charge on any atom is 0.205 e. The summed E-state index contributed by atoms with van der Waals surface area (Å²) >= 11 is 0. The van der Waals surface area contributed by atoms with Crippen molar-refractivity contribution in [2.24, 2.45) is 5.92 Å². The molecule has 4 aliphatic heterocycles.